The molecule has 1 amide bonds. The molecule has 0 aromatic heterocycles. The summed E-state index contributed by atoms with van der Waals surface area (Å²) in [5.41, 5.74) is 2.53. The van der Waals surface area contributed by atoms with Crippen LogP contribution >= 0.6 is 23.4 Å². The zero-order valence-corrected chi connectivity index (χ0v) is 18.5. The summed E-state index contributed by atoms with van der Waals surface area (Å²) in [6.45, 7) is 0.624. The summed E-state index contributed by atoms with van der Waals surface area (Å²) in [6.07, 6.45) is 8.98. The highest BCUT2D eigenvalue weighted by atomic mass is 35.5. The lowest BCUT2D eigenvalue weighted by Gasteiger charge is -2.61. The van der Waals surface area contributed by atoms with Gasteiger partial charge in [0, 0.05) is 16.5 Å². The maximum atomic E-state index is 13.5. The minimum Gasteiger partial charge on any atom is -0.352 e. The fourth-order valence-electron chi connectivity index (χ4n) is 6.78. The van der Waals surface area contributed by atoms with E-state index in [4.69, 9.17) is 11.6 Å². The smallest absolute Gasteiger partial charge is 0.226 e. The number of rotatable bonds is 5. The lowest BCUT2D eigenvalue weighted by atomic mass is 9.42. The van der Waals surface area contributed by atoms with E-state index in [1.165, 1.54) is 35.3 Å². The summed E-state index contributed by atoms with van der Waals surface area (Å²) >= 11 is 7.89. The Bertz CT molecular complexity index is 893. The Kier molecular flexibility index (Phi) is 4.95. The molecule has 4 aliphatic carbocycles. The Balaban J connectivity index is 1.36. The maximum Gasteiger partial charge on any atom is 0.226 e. The van der Waals surface area contributed by atoms with Crippen LogP contribution in [0.25, 0.3) is 0 Å². The van der Waals surface area contributed by atoms with E-state index in [9.17, 15) is 4.79 Å². The molecule has 1 N–H and O–H groups in total. The van der Waals surface area contributed by atoms with Gasteiger partial charge < -0.3 is 5.32 Å². The van der Waals surface area contributed by atoms with Crippen LogP contribution in [0, 0.1) is 17.3 Å². The van der Waals surface area contributed by atoms with Crippen molar-refractivity contribution in [2.45, 2.75) is 55.4 Å². The van der Waals surface area contributed by atoms with Gasteiger partial charge in [0.2, 0.25) is 5.91 Å². The number of halogens is 1. The number of hydrogen-bond acceptors (Lipinski definition) is 2. The molecule has 0 heterocycles. The van der Waals surface area contributed by atoms with Crippen molar-refractivity contribution in [3.05, 3.63) is 64.7 Å². The number of carbonyl (C=O) groups is 1. The quantitative estimate of drug-likeness (QED) is 0.576. The van der Waals surface area contributed by atoms with E-state index in [0.29, 0.717) is 18.4 Å². The lowest BCUT2D eigenvalue weighted by Crippen LogP contribution is -2.59. The Morgan fingerprint density at radius 2 is 1.69 bits per heavy atom. The number of nitrogens with one attached hydrogen (secondary N) is 1. The van der Waals surface area contributed by atoms with E-state index in [1.54, 1.807) is 11.8 Å². The highest BCUT2D eigenvalue weighted by Crippen LogP contribution is 2.65. The first-order valence-electron chi connectivity index (χ1n) is 10.7. The molecular formula is C25H28ClNOS. The molecule has 4 saturated carbocycles. The Labute approximate surface area is 182 Å². The second-order valence-corrected chi connectivity index (χ2v) is 10.9. The average Bonchev–Trinajstić information content (AvgIpc) is 2.72. The third kappa shape index (κ3) is 3.51. The van der Waals surface area contributed by atoms with Gasteiger partial charge in [-0.2, -0.15) is 0 Å². The van der Waals surface area contributed by atoms with Crippen LogP contribution in [0.2, 0.25) is 5.02 Å². The van der Waals surface area contributed by atoms with Crippen LogP contribution in [0.4, 0.5) is 0 Å². The standard InChI is InChI=1S/C25H28ClNOS/c1-29-22-8-2-17(3-9-22)15-27-23(28)25-13-18-10-19(14-25)12-24(11-18,16-25)20-4-6-21(26)7-5-20/h2-9,18-19H,10-16H2,1H3,(H,27,28). The molecule has 4 fully saturated rings. The van der Waals surface area contributed by atoms with Crippen molar-refractivity contribution in [1.29, 1.82) is 0 Å². The Hall–Kier alpha value is -1.45. The van der Waals surface area contributed by atoms with Gasteiger partial charge in [0.1, 0.15) is 0 Å². The van der Waals surface area contributed by atoms with E-state index in [-0.39, 0.29) is 16.7 Å². The van der Waals surface area contributed by atoms with Gasteiger partial charge in [0.25, 0.3) is 0 Å². The van der Waals surface area contributed by atoms with Crippen LogP contribution in [0.1, 0.15) is 49.7 Å². The van der Waals surface area contributed by atoms with Crippen LogP contribution in [-0.4, -0.2) is 12.2 Å². The van der Waals surface area contributed by atoms with Crippen LogP contribution in [0.15, 0.2) is 53.4 Å². The molecule has 0 radical (unpaired) electrons. The summed E-state index contributed by atoms with van der Waals surface area (Å²) < 4.78 is 0. The molecule has 6 rings (SSSR count). The van der Waals surface area contributed by atoms with Gasteiger partial charge in [-0.15, -0.1) is 11.8 Å². The van der Waals surface area contributed by atoms with Crippen molar-refractivity contribution in [1.82, 2.24) is 5.32 Å². The third-order valence-corrected chi connectivity index (χ3v) is 8.61. The zero-order chi connectivity index (χ0) is 20.1. The molecular weight excluding hydrogens is 398 g/mol. The summed E-state index contributed by atoms with van der Waals surface area (Å²) in [6, 6.07) is 16.9. The Morgan fingerprint density at radius 1 is 1.03 bits per heavy atom. The minimum absolute atomic E-state index is 0.159. The third-order valence-electron chi connectivity index (χ3n) is 7.61. The van der Waals surface area contributed by atoms with E-state index in [1.807, 2.05) is 12.1 Å². The topological polar surface area (TPSA) is 29.1 Å². The largest absolute Gasteiger partial charge is 0.352 e. The summed E-state index contributed by atoms with van der Waals surface area (Å²) in [7, 11) is 0. The summed E-state index contributed by atoms with van der Waals surface area (Å²) in [5.74, 6) is 1.64. The first kappa shape index (κ1) is 19.5. The normalized spacial score (nSPS) is 32.3. The number of amides is 1. The van der Waals surface area contributed by atoms with Gasteiger partial charge in [-0.1, -0.05) is 35.9 Å². The van der Waals surface area contributed by atoms with Gasteiger partial charge in [0.15, 0.2) is 0 Å². The van der Waals surface area contributed by atoms with Crippen molar-refractivity contribution in [2.75, 3.05) is 6.26 Å². The van der Waals surface area contributed by atoms with Crippen molar-refractivity contribution in [3.8, 4) is 0 Å². The SMILES string of the molecule is CSc1ccc(CNC(=O)C23CC4CC(C2)CC(c2ccc(Cl)cc2)(C4)C3)cc1. The van der Waals surface area contributed by atoms with Crippen molar-refractivity contribution >= 4 is 29.3 Å². The molecule has 4 bridgehead atoms. The van der Waals surface area contributed by atoms with Crippen molar-refractivity contribution in [3.63, 3.8) is 0 Å². The van der Waals surface area contributed by atoms with Crippen LogP contribution in [0.5, 0.6) is 0 Å². The zero-order valence-electron chi connectivity index (χ0n) is 16.9. The fourth-order valence-corrected chi connectivity index (χ4v) is 7.32. The van der Waals surface area contributed by atoms with Gasteiger partial charge in [-0.05, 0) is 97.4 Å². The van der Waals surface area contributed by atoms with E-state index < -0.39 is 0 Å². The van der Waals surface area contributed by atoms with Crippen LogP contribution < -0.4 is 5.32 Å². The van der Waals surface area contributed by atoms with Gasteiger partial charge in [0.05, 0.1) is 5.41 Å². The molecule has 2 aromatic rings. The molecule has 0 aliphatic heterocycles. The van der Waals surface area contributed by atoms with Gasteiger partial charge >= 0.3 is 0 Å². The molecule has 2 unspecified atom stereocenters. The Morgan fingerprint density at radius 3 is 2.31 bits per heavy atom. The lowest BCUT2D eigenvalue weighted by molar-refractivity contribution is -0.149. The first-order chi connectivity index (χ1) is 14.0. The number of carbonyl (C=O) groups excluding carboxylic acids is 1. The molecule has 0 spiro atoms. The molecule has 2 atom stereocenters. The summed E-state index contributed by atoms with van der Waals surface area (Å²) in [5, 5.41) is 4.09. The molecule has 4 heteroatoms. The second-order valence-electron chi connectivity index (χ2n) is 9.56. The number of thioether (sulfide) groups is 1. The average molecular weight is 426 g/mol. The minimum atomic E-state index is -0.192. The van der Waals surface area contributed by atoms with Crippen molar-refractivity contribution in [2.24, 2.45) is 17.3 Å². The maximum absolute atomic E-state index is 13.5. The predicted molar refractivity (Wildman–Crippen MR) is 120 cm³/mol. The molecule has 2 nitrogen and oxygen atoms in total. The highest BCUT2D eigenvalue weighted by molar-refractivity contribution is 7.98. The first-order valence-corrected chi connectivity index (χ1v) is 12.3. The van der Waals surface area contributed by atoms with Crippen LogP contribution in [0.3, 0.4) is 0 Å². The van der Waals surface area contributed by atoms with E-state index >= 15 is 0 Å². The monoisotopic (exact) mass is 425 g/mol. The highest BCUT2D eigenvalue weighted by Gasteiger charge is 2.60. The molecule has 4 aliphatic rings. The molecule has 152 valence electrons. The molecule has 0 saturated heterocycles. The van der Waals surface area contributed by atoms with Gasteiger partial charge in [-0.25, -0.2) is 0 Å². The van der Waals surface area contributed by atoms with Gasteiger partial charge in [-0.3, -0.25) is 4.79 Å². The fraction of sp³-hybridized carbons (Fsp3) is 0.480. The molecule has 29 heavy (non-hydrogen) atoms. The number of hydrogen-bond donors (Lipinski definition) is 1. The van der Waals surface area contributed by atoms with E-state index in [0.717, 1.165) is 24.3 Å². The number of benzene rings is 2. The van der Waals surface area contributed by atoms with E-state index in [2.05, 4.69) is 48.0 Å². The second kappa shape index (κ2) is 7.35. The molecule has 2 aromatic carbocycles. The van der Waals surface area contributed by atoms with Crippen LogP contribution in [-0.2, 0) is 16.8 Å². The predicted octanol–water partition coefficient (Wildman–Crippen LogP) is 6.22. The summed E-state index contributed by atoms with van der Waals surface area (Å²) in [4.78, 5) is 14.7. The van der Waals surface area contributed by atoms with Crippen molar-refractivity contribution < 1.29 is 4.79 Å².